The van der Waals surface area contributed by atoms with E-state index >= 15 is 0 Å². The monoisotopic (exact) mass is 245 g/mol. The second kappa shape index (κ2) is 11.0. The van der Waals surface area contributed by atoms with Gasteiger partial charge >= 0.3 is 0 Å². The zero-order valence-corrected chi connectivity index (χ0v) is 12.3. The smallest absolute Gasteiger partial charge is 0.0750 e. The molecule has 0 bridgehead atoms. The van der Waals surface area contributed by atoms with E-state index in [9.17, 15) is 0 Å². The third kappa shape index (κ3) is 8.58. The molecule has 0 spiro atoms. The minimum Gasteiger partial charge on any atom is -0.377 e. The van der Waals surface area contributed by atoms with Crippen LogP contribution in [0.2, 0.25) is 0 Å². The van der Waals surface area contributed by atoms with Gasteiger partial charge in [0.05, 0.1) is 24.9 Å². The Morgan fingerprint density at radius 3 is 2.18 bits per heavy atom. The Morgan fingerprint density at radius 2 is 1.71 bits per heavy atom. The largest absolute Gasteiger partial charge is 0.377 e. The van der Waals surface area contributed by atoms with Crippen LogP contribution in [0.15, 0.2) is 0 Å². The molecule has 0 saturated heterocycles. The fourth-order valence-electron chi connectivity index (χ4n) is 1.82. The molecule has 0 rings (SSSR count). The van der Waals surface area contributed by atoms with Crippen molar-refractivity contribution in [1.29, 1.82) is 0 Å². The van der Waals surface area contributed by atoms with E-state index in [1.54, 1.807) is 0 Å². The van der Waals surface area contributed by atoms with Gasteiger partial charge in [-0.05, 0) is 40.2 Å². The van der Waals surface area contributed by atoms with E-state index in [-0.39, 0.29) is 12.2 Å². The van der Waals surface area contributed by atoms with Crippen LogP contribution in [-0.4, -0.2) is 38.0 Å². The third-order valence-corrected chi connectivity index (χ3v) is 2.67. The lowest BCUT2D eigenvalue weighted by Gasteiger charge is -2.28. The van der Waals surface area contributed by atoms with Crippen molar-refractivity contribution in [2.24, 2.45) is 0 Å². The van der Waals surface area contributed by atoms with Crippen LogP contribution in [0.3, 0.4) is 0 Å². The standard InChI is InChI=1S/C14H31NO2/c1-6-9-14(16-8-3)13(15-10-7-2)11-17-12(4)5/h12-15H,6-11H2,1-5H3. The summed E-state index contributed by atoms with van der Waals surface area (Å²) < 4.78 is 11.6. The van der Waals surface area contributed by atoms with Gasteiger partial charge in [-0.3, -0.25) is 0 Å². The topological polar surface area (TPSA) is 30.5 Å². The highest BCUT2D eigenvalue weighted by Gasteiger charge is 2.21. The van der Waals surface area contributed by atoms with Gasteiger partial charge in [-0.15, -0.1) is 0 Å². The molecular weight excluding hydrogens is 214 g/mol. The molecule has 3 heteroatoms. The predicted molar refractivity (Wildman–Crippen MR) is 73.5 cm³/mol. The molecule has 0 radical (unpaired) electrons. The van der Waals surface area contributed by atoms with Crippen LogP contribution in [0.5, 0.6) is 0 Å². The van der Waals surface area contributed by atoms with Crippen LogP contribution in [0.4, 0.5) is 0 Å². The van der Waals surface area contributed by atoms with Gasteiger partial charge in [0.1, 0.15) is 0 Å². The molecule has 0 aliphatic heterocycles. The molecule has 0 aromatic heterocycles. The van der Waals surface area contributed by atoms with Crippen LogP contribution < -0.4 is 5.32 Å². The van der Waals surface area contributed by atoms with E-state index in [0.717, 1.165) is 39.0 Å². The molecule has 0 aromatic rings. The van der Waals surface area contributed by atoms with Gasteiger partial charge in [0.15, 0.2) is 0 Å². The Hall–Kier alpha value is -0.120. The fourth-order valence-corrected chi connectivity index (χ4v) is 1.82. The van der Waals surface area contributed by atoms with Crippen molar-refractivity contribution in [2.45, 2.75) is 72.1 Å². The molecule has 0 aliphatic rings. The number of ether oxygens (including phenoxy) is 2. The van der Waals surface area contributed by atoms with E-state index in [2.05, 4.69) is 39.9 Å². The lowest BCUT2D eigenvalue weighted by Crippen LogP contribution is -2.45. The molecule has 0 aromatic carbocycles. The molecule has 2 unspecified atom stereocenters. The van der Waals surface area contributed by atoms with Crippen LogP contribution in [-0.2, 0) is 9.47 Å². The van der Waals surface area contributed by atoms with Gasteiger partial charge in [0, 0.05) is 6.61 Å². The summed E-state index contributed by atoms with van der Waals surface area (Å²) in [5.74, 6) is 0. The molecule has 17 heavy (non-hydrogen) atoms. The first kappa shape index (κ1) is 16.9. The minimum absolute atomic E-state index is 0.273. The van der Waals surface area contributed by atoms with Crippen molar-refractivity contribution >= 4 is 0 Å². The summed E-state index contributed by atoms with van der Waals surface area (Å²) in [7, 11) is 0. The number of nitrogens with one attached hydrogen (secondary N) is 1. The SMILES string of the molecule is CCCNC(COC(C)C)C(CCC)OCC. The maximum Gasteiger partial charge on any atom is 0.0750 e. The minimum atomic E-state index is 0.273. The van der Waals surface area contributed by atoms with Crippen molar-refractivity contribution in [3.05, 3.63) is 0 Å². The van der Waals surface area contributed by atoms with E-state index in [0.29, 0.717) is 6.04 Å². The fraction of sp³-hybridized carbons (Fsp3) is 1.00. The zero-order valence-electron chi connectivity index (χ0n) is 12.3. The Balaban J connectivity index is 4.25. The van der Waals surface area contributed by atoms with Crippen LogP contribution in [0.25, 0.3) is 0 Å². The van der Waals surface area contributed by atoms with Crippen molar-refractivity contribution in [2.75, 3.05) is 19.8 Å². The highest BCUT2D eigenvalue weighted by molar-refractivity contribution is 4.77. The van der Waals surface area contributed by atoms with Gasteiger partial charge in [0.25, 0.3) is 0 Å². The molecule has 3 nitrogen and oxygen atoms in total. The van der Waals surface area contributed by atoms with Gasteiger partial charge in [-0.1, -0.05) is 20.3 Å². The summed E-state index contributed by atoms with van der Waals surface area (Å²) in [4.78, 5) is 0. The van der Waals surface area contributed by atoms with E-state index in [4.69, 9.17) is 9.47 Å². The van der Waals surface area contributed by atoms with E-state index in [1.165, 1.54) is 0 Å². The quantitative estimate of drug-likeness (QED) is 0.607. The lowest BCUT2D eigenvalue weighted by atomic mass is 10.1. The summed E-state index contributed by atoms with van der Waals surface area (Å²) in [6.45, 7) is 13.1. The summed E-state index contributed by atoms with van der Waals surface area (Å²) in [6, 6.07) is 0.317. The van der Waals surface area contributed by atoms with Gasteiger partial charge in [-0.25, -0.2) is 0 Å². The van der Waals surface area contributed by atoms with Crippen molar-refractivity contribution in [3.63, 3.8) is 0 Å². The van der Waals surface area contributed by atoms with Crippen LogP contribution in [0.1, 0.15) is 53.9 Å². The van der Waals surface area contributed by atoms with Crippen molar-refractivity contribution in [3.8, 4) is 0 Å². The van der Waals surface area contributed by atoms with Crippen molar-refractivity contribution in [1.82, 2.24) is 5.32 Å². The number of hydrogen-bond donors (Lipinski definition) is 1. The maximum absolute atomic E-state index is 5.83. The number of rotatable bonds is 11. The molecule has 0 heterocycles. The Morgan fingerprint density at radius 1 is 1.00 bits per heavy atom. The molecule has 0 fully saturated rings. The van der Waals surface area contributed by atoms with Gasteiger partial charge in [-0.2, -0.15) is 0 Å². The molecule has 104 valence electrons. The average molecular weight is 245 g/mol. The summed E-state index contributed by atoms with van der Waals surface area (Å²) in [5, 5.41) is 3.54. The third-order valence-electron chi connectivity index (χ3n) is 2.67. The first-order valence-electron chi connectivity index (χ1n) is 7.12. The van der Waals surface area contributed by atoms with Crippen LogP contribution >= 0.6 is 0 Å². The summed E-state index contributed by atoms with van der Waals surface area (Å²) >= 11 is 0. The molecule has 0 amide bonds. The second-order valence-corrected chi connectivity index (χ2v) is 4.73. The lowest BCUT2D eigenvalue weighted by molar-refractivity contribution is -0.0172. The highest BCUT2D eigenvalue weighted by Crippen LogP contribution is 2.09. The van der Waals surface area contributed by atoms with Crippen molar-refractivity contribution < 1.29 is 9.47 Å². The second-order valence-electron chi connectivity index (χ2n) is 4.73. The highest BCUT2D eigenvalue weighted by atomic mass is 16.5. The Bertz CT molecular complexity index is 156. The van der Waals surface area contributed by atoms with Gasteiger partial charge in [0.2, 0.25) is 0 Å². The summed E-state index contributed by atoms with van der Waals surface area (Å²) in [5.41, 5.74) is 0. The van der Waals surface area contributed by atoms with E-state index in [1.807, 2.05) is 0 Å². The molecule has 1 N–H and O–H groups in total. The average Bonchev–Trinajstić information content (AvgIpc) is 2.29. The van der Waals surface area contributed by atoms with Gasteiger partial charge < -0.3 is 14.8 Å². The zero-order chi connectivity index (χ0) is 13.1. The van der Waals surface area contributed by atoms with Crippen LogP contribution in [0, 0.1) is 0 Å². The van der Waals surface area contributed by atoms with E-state index < -0.39 is 0 Å². The Kier molecular flexibility index (Phi) is 10.9. The first-order chi connectivity index (χ1) is 8.15. The molecular formula is C14H31NO2. The normalized spacial score (nSPS) is 15.2. The Labute approximate surface area is 107 Å². The summed E-state index contributed by atoms with van der Waals surface area (Å²) in [6.07, 6.45) is 3.94. The molecule has 2 atom stereocenters. The number of hydrogen-bond acceptors (Lipinski definition) is 3. The molecule has 0 aliphatic carbocycles. The molecule has 0 saturated carbocycles. The first-order valence-corrected chi connectivity index (χ1v) is 7.12. The maximum atomic E-state index is 5.83. The predicted octanol–water partition coefficient (Wildman–Crippen LogP) is 2.98.